The molecule has 0 heterocycles. The summed E-state index contributed by atoms with van der Waals surface area (Å²) in [6.07, 6.45) is 1.41. The summed E-state index contributed by atoms with van der Waals surface area (Å²) < 4.78 is 0. The van der Waals surface area contributed by atoms with Crippen molar-refractivity contribution in [3.63, 3.8) is 0 Å². The van der Waals surface area contributed by atoms with Gasteiger partial charge in [-0.05, 0) is 38.0 Å². The zero-order valence-corrected chi connectivity index (χ0v) is 11.3. The van der Waals surface area contributed by atoms with Gasteiger partial charge in [0.25, 0.3) is 0 Å². The number of phenols is 2. The minimum atomic E-state index is -0.701. The Morgan fingerprint density at radius 3 is 2.44 bits per heavy atom. The number of hydrogen-bond donors (Lipinski definition) is 4. The molecule has 0 aliphatic carbocycles. The van der Waals surface area contributed by atoms with Crippen LogP contribution in [0.1, 0.15) is 45.3 Å². The lowest BCUT2D eigenvalue weighted by atomic mass is 9.98. The van der Waals surface area contributed by atoms with E-state index in [9.17, 15) is 15.3 Å². The van der Waals surface area contributed by atoms with Crippen LogP contribution in [0.15, 0.2) is 18.2 Å². The Kier molecular flexibility index (Phi) is 4.99. The van der Waals surface area contributed by atoms with E-state index in [1.165, 1.54) is 12.1 Å². The van der Waals surface area contributed by atoms with Gasteiger partial charge in [0.1, 0.15) is 0 Å². The van der Waals surface area contributed by atoms with E-state index in [2.05, 4.69) is 26.1 Å². The van der Waals surface area contributed by atoms with E-state index < -0.39 is 6.10 Å². The Hall–Kier alpha value is -1.26. The van der Waals surface area contributed by atoms with Gasteiger partial charge in [0.05, 0.1) is 6.10 Å². The topological polar surface area (TPSA) is 72.7 Å². The lowest BCUT2D eigenvalue weighted by Crippen LogP contribution is -2.41. The molecule has 18 heavy (non-hydrogen) atoms. The third kappa shape index (κ3) is 4.20. The van der Waals surface area contributed by atoms with Gasteiger partial charge in [-0.15, -0.1) is 0 Å². The van der Waals surface area contributed by atoms with Crippen molar-refractivity contribution >= 4 is 0 Å². The molecule has 0 aliphatic rings. The van der Waals surface area contributed by atoms with Crippen molar-refractivity contribution < 1.29 is 15.3 Å². The first-order chi connectivity index (χ1) is 8.35. The van der Waals surface area contributed by atoms with Crippen LogP contribution in [-0.2, 0) is 0 Å². The van der Waals surface area contributed by atoms with Crippen LogP contribution >= 0.6 is 0 Å². The van der Waals surface area contributed by atoms with Gasteiger partial charge in [0.2, 0.25) is 0 Å². The zero-order chi connectivity index (χ0) is 13.8. The van der Waals surface area contributed by atoms with E-state index in [1.54, 1.807) is 6.07 Å². The molecule has 0 aromatic heterocycles. The number of aliphatic hydroxyl groups excluding tert-OH is 1. The largest absolute Gasteiger partial charge is 0.504 e. The first-order valence-corrected chi connectivity index (χ1v) is 6.30. The highest BCUT2D eigenvalue weighted by Crippen LogP contribution is 2.27. The average molecular weight is 253 g/mol. The summed E-state index contributed by atoms with van der Waals surface area (Å²) in [4.78, 5) is 0. The molecule has 102 valence electrons. The number of phenolic OH excluding ortho intramolecular Hbond substituents is 2. The lowest BCUT2D eigenvalue weighted by molar-refractivity contribution is 0.158. The summed E-state index contributed by atoms with van der Waals surface area (Å²) in [5.74, 6) is -0.385. The minimum absolute atomic E-state index is 0.0192. The summed E-state index contributed by atoms with van der Waals surface area (Å²) in [5, 5.41) is 31.9. The number of nitrogens with one attached hydrogen (secondary N) is 1. The summed E-state index contributed by atoms with van der Waals surface area (Å²) in [6, 6.07) is 4.37. The molecule has 1 aromatic carbocycles. The van der Waals surface area contributed by atoms with Crippen molar-refractivity contribution in [1.82, 2.24) is 5.32 Å². The maximum atomic E-state index is 10.0. The van der Waals surface area contributed by atoms with E-state index in [1.807, 2.05) is 0 Å². The highest BCUT2D eigenvalue weighted by atomic mass is 16.3. The van der Waals surface area contributed by atoms with Crippen LogP contribution in [0.4, 0.5) is 0 Å². The third-order valence-corrected chi connectivity index (χ3v) is 3.03. The van der Waals surface area contributed by atoms with Gasteiger partial charge in [-0.2, -0.15) is 0 Å². The number of aliphatic hydroxyl groups is 1. The van der Waals surface area contributed by atoms with Gasteiger partial charge >= 0.3 is 0 Å². The SMILES string of the molecule is CCCC(C)(C)NCC(O)c1ccc(O)c(O)c1. The van der Waals surface area contributed by atoms with E-state index in [4.69, 9.17) is 0 Å². The molecule has 1 unspecified atom stereocenters. The quantitative estimate of drug-likeness (QED) is 0.587. The summed E-state index contributed by atoms with van der Waals surface area (Å²) >= 11 is 0. The van der Waals surface area contributed by atoms with Crippen LogP contribution in [0.2, 0.25) is 0 Å². The molecular formula is C14H23NO3. The molecule has 4 nitrogen and oxygen atoms in total. The Morgan fingerprint density at radius 2 is 1.89 bits per heavy atom. The van der Waals surface area contributed by atoms with E-state index in [-0.39, 0.29) is 17.0 Å². The number of β-amino-alcohol motifs (C(OH)–C–C–N with tert-alkyl or cyclic N) is 1. The Balaban J connectivity index is 2.60. The highest BCUT2D eigenvalue weighted by molar-refractivity contribution is 5.41. The second kappa shape index (κ2) is 6.07. The Labute approximate surface area is 108 Å². The maximum absolute atomic E-state index is 10.0. The van der Waals surface area contributed by atoms with Gasteiger partial charge in [0.15, 0.2) is 11.5 Å². The van der Waals surface area contributed by atoms with Crippen molar-refractivity contribution in [1.29, 1.82) is 0 Å². The molecule has 1 rings (SSSR count). The van der Waals surface area contributed by atoms with Crippen molar-refractivity contribution in [3.8, 4) is 11.5 Å². The zero-order valence-electron chi connectivity index (χ0n) is 11.3. The molecule has 0 aliphatic heterocycles. The molecule has 0 saturated heterocycles. The maximum Gasteiger partial charge on any atom is 0.157 e. The number of hydrogen-bond acceptors (Lipinski definition) is 4. The molecule has 0 saturated carbocycles. The first-order valence-electron chi connectivity index (χ1n) is 6.30. The normalized spacial score (nSPS) is 13.6. The Bertz CT molecular complexity index is 391. The smallest absolute Gasteiger partial charge is 0.157 e. The number of rotatable bonds is 6. The minimum Gasteiger partial charge on any atom is -0.504 e. The lowest BCUT2D eigenvalue weighted by Gasteiger charge is -2.27. The monoisotopic (exact) mass is 253 g/mol. The molecule has 4 N–H and O–H groups in total. The van der Waals surface area contributed by atoms with Gasteiger partial charge < -0.3 is 20.6 Å². The van der Waals surface area contributed by atoms with Crippen molar-refractivity contribution in [2.24, 2.45) is 0 Å². The molecule has 0 spiro atoms. The van der Waals surface area contributed by atoms with Crippen LogP contribution in [-0.4, -0.2) is 27.4 Å². The van der Waals surface area contributed by atoms with E-state index >= 15 is 0 Å². The van der Waals surface area contributed by atoms with E-state index in [0.717, 1.165) is 12.8 Å². The molecule has 1 aromatic rings. The van der Waals surface area contributed by atoms with Crippen LogP contribution in [0.25, 0.3) is 0 Å². The average Bonchev–Trinajstić information content (AvgIpc) is 2.30. The molecule has 0 fully saturated rings. The van der Waals surface area contributed by atoms with Crippen molar-refractivity contribution in [3.05, 3.63) is 23.8 Å². The van der Waals surface area contributed by atoms with E-state index in [0.29, 0.717) is 12.1 Å². The predicted octanol–water partition coefficient (Wildman–Crippen LogP) is 2.30. The highest BCUT2D eigenvalue weighted by Gasteiger charge is 2.18. The van der Waals surface area contributed by atoms with Crippen LogP contribution in [0.5, 0.6) is 11.5 Å². The summed E-state index contributed by atoms with van der Waals surface area (Å²) in [5.41, 5.74) is 0.569. The molecule has 0 amide bonds. The van der Waals surface area contributed by atoms with Gasteiger partial charge in [-0.3, -0.25) is 0 Å². The predicted molar refractivity (Wildman–Crippen MR) is 71.7 cm³/mol. The molecular weight excluding hydrogens is 230 g/mol. The van der Waals surface area contributed by atoms with Gasteiger partial charge in [-0.1, -0.05) is 19.4 Å². The van der Waals surface area contributed by atoms with Crippen LogP contribution in [0, 0.1) is 0 Å². The summed E-state index contributed by atoms with van der Waals surface area (Å²) in [7, 11) is 0. The molecule has 0 bridgehead atoms. The molecule has 0 radical (unpaired) electrons. The third-order valence-electron chi connectivity index (χ3n) is 3.03. The number of benzene rings is 1. The fraction of sp³-hybridized carbons (Fsp3) is 0.571. The standard InChI is InChI=1S/C14H23NO3/c1-4-7-14(2,3)15-9-13(18)10-5-6-11(16)12(17)8-10/h5-6,8,13,15-18H,4,7,9H2,1-3H3. The fourth-order valence-electron chi connectivity index (χ4n) is 1.95. The van der Waals surface area contributed by atoms with Gasteiger partial charge in [0, 0.05) is 12.1 Å². The fourth-order valence-corrected chi connectivity index (χ4v) is 1.95. The Morgan fingerprint density at radius 1 is 1.22 bits per heavy atom. The number of aromatic hydroxyl groups is 2. The van der Waals surface area contributed by atoms with Gasteiger partial charge in [-0.25, -0.2) is 0 Å². The van der Waals surface area contributed by atoms with Crippen molar-refractivity contribution in [2.75, 3.05) is 6.54 Å². The second-order valence-corrected chi connectivity index (χ2v) is 5.28. The first kappa shape index (κ1) is 14.8. The summed E-state index contributed by atoms with van der Waals surface area (Å²) in [6.45, 7) is 6.73. The molecule has 1 atom stereocenters. The molecule has 4 heteroatoms. The van der Waals surface area contributed by atoms with Crippen molar-refractivity contribution in [2.45, 2.75) is 45.3 Å². The van der Waals surface area contributed by atoms with Crippen LogP contribution in [0.3, 0.4) is 0 Å². The second-order valence-electron chi connectivity index (χ2n) is 5.28. The van der Waals surface area contributed by atoms with Crippen LogP contribution < -0.4 is 5.32 Å².